The number of hydrogen-bond acceptors (Lipinski definition) is 4. The topological polar surface area (TPSA) is 73.2 Å². The Balaban J connectivity index is 1.45. The maximum atomic E-state index is 13.0. The molecule has 5 rings (SSSR count). The lowest BCUT2D eigenvalue weighted by molar-refractivity contribution is -0.129. The number of carboxylic acids is 1. The summed E-state index contributed by atoms with van der Waals surface area (Å²) in [6.45, 7) is 1.83. The standard InChI is InChI=1S/C27H23N3O3/c31-26-23(25(27(32)33)28-30(26)22-11-5-2-6-12-22)17-20-13-14-24-21(16-20)10-7-15-29(24)18-19-8-3-1-4-9-19/h1-6,8-9,11-14,16-17H,7,10,15,18H2,(H,32,33)/b23-17-. The second-order valence-electron chi connectivity index (χ2n) is 8.16. The molecule has 2 aliphatic heterocycles. The zero-order valence-corrected chi connectivity index (χ0v) is 18.0. The SMILES string of the molecule is O=C(O)C1=NN(c2ccccc2)C(=O)/C1=C\c1ccc2c(c1)CCCN2Cc1ccccc1. The summed E-state index contributed by atoms with van der Waals surface area (Å²) in [5.41, 5.74) is 4.81. The maximum Gasteiger partial charge on any atom is 0.357 e. The molecule has 2 aliphatic rings. The Kier molecular flexibility index (Phi) is 5.48. The first kappa shape index (κ1) is 20.7. The van der Waals surface area contributed by atoms with Gasteiger partial charge in [0.25, 0.3) is 5.91 Å². The van der Waals surface area contributed by atoms with Crippen LogP contribution in [0.3, 0.4) is 0 Å². The normalized spacial score (nSPS) is 16.7. The number of fused-ring (bicyclic) bond motifs is 1. The van der Waals surface area contributed by atoms with Crippen LogP contribution in [0.25, 0.3) is 6.08 Å². The van der Waals surface area contributed by atoms with Crippen molar-refractivity contribution >= 4 is 35.0 Å². The highest BCUT2D eigenvalue weighted by atomic mass is 16.4. The van der Waals surface area contributed by atoms with Crippen LogP contribution in [0.1, 0.15) is 23.1 Å². The first-order chi connectivity index (χ1) is 16.1. The van der Waals surface area contributed by atoms with E-state index in [1.165, 1.54) is 16.8 Å². The summed E-state index contributed by atoms with van der Waals surface area (Å²) in [5, 5.41) is 14.9. The Bertz CT molecular complexity index is 1270. The average molecular weight is 437 g/mol. The molecule has 164 valence electrons. The van der Waals surface area contributed by atoms with Crippen molar-refractivity contribution in [1.29, 1.82) is 0 Å². The van der Waals surface area contributed by atoms with Gasteiger partial charge in [0, 0.05) is 18.8 Å². The summed E-state index contributed by atoms with van der Waals surface area (Å²) in [6.07, 6.45) is 3.62. The fourth-order valence-corrected chi connectivity index (χ4v) is 4.37. The molecular weight excluding hydrogens is 414 g/mol. The number of hydrazone groups is 1. The van der Waals surface area contributed by atoms with E-state index in [-0.39, 0.29) is 11.3 Å². The average Bonchev–Trinajstić information content (AvgIpc) is 3.16. The van der Waals surface area contributed by atoms with E-state index in [0.717, 1.165) is 36.5 Å². The molecule has 0 aromatic heterocycles. The van der Waals surface area contributed by atoms with Gasteiger partial charge in [0.05, 0.1) is 11.3 Å². The molecule has 3 aromatic carbocycles. The number of rotatable bonds is 5. The Morgan fingerprint density at radius 3 is 2.45 bits per heavy atom. The molecule has 1 amide bonds. The van der Waals surface area contributed by atoms with E-state index in [1.807, 2.05) is 18.2 Å². The quantitative estimate of drug-likeness (QED) is 0.596. The lowest BCUT2D eigenvalue weighted by Gasteiger charge is -2.31. The highest BCUT2D eigenvalue weighted by Gasteiger charge is 2.35. The summed E-state index contributed by atoms with van der Waals surface area (Å²) >= 11 is 0. The zero-order chi connectivity index (χ0) is 22.8. The predicted octanol–water partition coefficient (Wildman–Crippen LogP) is 4.51. The Labute approximate surface area is 192 Å². The van der Waals surface area contributed by atoms with Crippen LogP contribution in [0.15, 0.2) is 89.5 Å². The van der Waals surface area contributed by atoms with Crippen LogP contribution in [0.5, 0.6) is 0 Å². The van der Waals surface area contributed by atoms with E-state index >= 15 is 0 Å². The van der Waals surface area contributed by atoms with Gasteiger partial charge in [-0.2, -0.15) is 10.1 Å². The molecule has 0 unspecified atom stereocenters. The van der Waals surface area contributed by atoms with E-state index in [9.17, 15) is 14.7 Å². The molecule has 0 aliphatic carbocycles. The Morgan fingerprint density at radius 1 is 1.00 bits per heavy atom. The van der Waals surface area contributed by atoms with E-state index in [2.05, 4.69) is 46.4 Å². The Morgan fingerprint density at radius 2 is 1.73 bits per heavy atom. The van der Waals surface area contributed by atoms with Crippen molar-refractivity contribution in [2.45, 2.75) is 19.4 Å². The van der Waals surface area contributed by atoms with Crippen molar-refractivity contribution in [1.82, 2.24) is 0 Å². The third-order valence-corrected chi connectivity index (χ3v) is 5.93. The fraction of sp³-hybridized carbons (Fsp3) is 0.148. The molecule has 0 atom stereocenters. The van der Waals surface area contributed by atoms with Crippen molar-refractivity contribution in [3.8, 4) is 0 Å². The first-order valence-electron chi connectivity index (χ1n) is 11.0. The molecule has 0 radical (unpaired) electrons. The number of anilines is 2. The van der Waals surface area contributed by atoms with Crippen molar-refractivity contribution in [2.75, 3.05) is 16.5 Å². The Hall–Kier alpha value is -4.19. The van der Waals surface area contributed by atoms with Crippen LogP contribution >= 0.6 is 0 Å². The minimum Gasteiger partial charge on any atom is -0.476 e. The summed E-state index contributed by atoms with van der Waals surface area (Å²) in [5.74, 6) is -1.66. The number of aliphatic carboxylic acids is 1. The third-order valence-electron chi connectivity index (χ3n) is 5.93. The van der Waals surface area contributed by atoms with Gasteiger partial charge in [-0.3, -0.25) is 4.79 Å². The van der Waals surface area contributed by atoms with Crippen molar-refractivity contribution in [3.05, 3.63) is 101 Å². The molecule has 3 aromatic rings. The lowest BCUT2D eigenvalue weighted by atomic mass is 9.97. The van der Waals surface area contributed by atoms with E-state index in [0.29, 0.717) is 5.69 Å². The number of amides is 1. The van der Waals surface area contributed by atoms with Gasteiger partial charge in [-0.1, -0.05) is 54.6 Å². The van der Waals surface area contributed by atoms with Gasteiger partial charge in [0.1, 0.15) is 0 Å². The van der Waals surface area contributed by atoms with Crippen LogP contribution in [-0.4, -0.2) is 29.2 Å². The lowest BCUT2D eigenvalue weighted by Crippen LogP contribution is -2.28. The highest BCUT2D eigenvalue weighted by Crippen LogP contribution is 2.31. The number of carboxylic acid groups (broad SMARTS) is 1. The third kappa shape index (κ3) is 4.15. The minimum atomic E-state index is -1.22. The number of para-hydroxylation sites is 1. The predicted molar refractivity (Wildman–Crippen MR) is 129 cm³/mol. The van der Waals surface area contributed by atoms with Gasteiger partial charge < -0.3 is 10.0 Å². The number of carbonyl (C=O) groups excluding carboxylic acids is 1. The van der Waals surface area contributed by atoms with Gasteiger partial charge in [0.2, 0.25) is 0 Å². The second kappa shape index (κ2) is 8.74. The number of hydrogen-bond donors (Lipinski definition) is 1. The maximum absolute atomic E-state index is 13.0. The molecule has 0 saturated carbocycles. The molecule has 0 saturated heterocycles. The molecule has 0 fully saturated rings. The summed E-state index contributed by atoms with van der Waals surface area (Å²) < 4.78 is 0. The van der Waals surface area contributed by atoms with Crippen LogP contribution in [0.2, 0.25) is 0 Å². The highest BCUT2D eigenvalue weighted by molar-refractivity contribution is 6.53. The van der Waals surface area contributed by atoms with Gasteiger partial charge in [0.15, 0.2) is 5.71 Å². The van der Waals surface area contributed by atoms with Gasteiger partial charge in [-0.05, 0) is 59.9 Å². The molecular formula is C27H23N3O3. The molecule has 6 nitrogen and oxygen atoms in total. The first-order valence-corrected chi connectivity index (χ1v) is 11.0. The van der Waals surface area contributed by atoms with Gasteiger partial charge in [-0.15, -0.1) is 0 Å². The van der Waals surface area contributed by atoms with E-state index in [4.69, 9.17) is 0 Å². The fourth-order valence-electron chi connectivity index (χ4n) is 4.37. The zero-order valence-electron chi connectivity index (χ0n) is 18.0. The largest absolute Gasteiger partial charge is 0.476 e. The summed E-state index contributed by atoms with van der Waals surface area (Å²) in [6, 6.07) is 25.3. The van der Waals surface area contributed by atoms with Crippen molar-refractivity contribution < 1.29 is 14.7 Å². The molecule has 2 heterocycles. The number of aryl methyl sites for hydroxylation is 1. The van der Waals surface area contributed by atoms with E-state index in [1.54, 1.807) is 30.3 Å². The van der Waals surface area contributed by atoms with Crippen molar-refractivity contribution in [3.63, 3.8) is 0 Å². The molecule has 0 spiro atoms. The smallest absolute Gasteiger partial charge is 0.357 e. The van der Waals surface area contributed by atoms with E-state index < -0.39 is 11.9 Å². The van der Waals surface area contributed by atoms with Crippen LogP contribution < -0.4 is 9.91 Å². The van der Waals surface area contributed by atoms with Crippen LogP contribution in [-0.2, 0) is 22.6 Å². The molecule has 1 N–H and O–H groups in total. The molecule has 0 bridgehead atoms. The van der Waals surface area contributed by atoms with Gasteiger partial charge in [-0.25, -0.2) is 4.79 Å². The second-order valence-corrected chi connectivity index (χ2v) is 8.16. The summed E-state index contributed by atoms with van der Waals surface area (Å²) in [7, 11) is 0. The number of carbonyl (C=O) groups is 2. The van der Waals surface area contributed by atoms with Crippen molar-refractivity contribution in [2.24, 2.45) is 5.10 Å². The minimum absolute atomic E-state index is 0.0863. The number of nitrogens with zero attached hydrogens (tertiary/aromatic N) is 3. The molecule has 6 heteroatoms. The van der Waals surface area contributed by atoms with Gasteiger partial charge >= 0.3 is 5.97 Å². The summed E-state index contributed by atoms with van der Waals surface area (Å²) in [4.78, 5) is 27.2. The monoisotopic (exact) mass is 437 g/mol. The number of benzene rings is 3. The molecule has 33 heavy (non-hydrogen) atoms. The van der Waals surface area contributed by atoms with Crippen LogP contribution in [0, 0.1) is 0 Å². The van der Waals surface area contributed by atoms with Crippen LogP contribution in [0.4, 0.5) is 11.4 Å².